The van der Waals surface area contributed by atoms with Crippen molar-refractivity contribution in [2.24, 2.45) is 0 Å². The summed E-state index contributed by atoms with van der Waals surface area (Å²) in [4.78, 5) is 18.3. The van der Waals surface area contributed by atoms with Crippen molar-refractivity contribution in [2.45, 2.75) is 19.8 Å². The second-order valence-corrected chi connectivity index (χ2v) is 6.99. The van der Waals surface area contributed by atoms with Crippen LogP contribution in [-0.4, -0.2) is 36.0 Å². The van der Waals surface area contributed by atoms with Gasteiger partial charge in [0.1, 0.15) is 12.4 Å². The Kier molecular flexibility index (Phi) is 6.71. The van der Waals surface area contributed by atoms with E-state index in [1.165, 1.54) is 0 Å². The van der Waals surface area contributed by atoms with Crippen LogP contribution in [0.2, 0.25) is 5.02 Å². The van der Waals surface area contributed by atoms with Crippen molar-refractivity contribution in [3.8, 4) is 17.1 Å². The van der Waals surface area contributed by atoms with Crippen LogP contribution in [0.4, 0.5) is 0 Å². The van der Waals surface area contributed by atoms with Gasteiger partial charge >= 0.3 is 0 Å². The van der Waals surface area contributed by atoms with Crippen molar-refractivity contribution in [3.05, 3.63) is 71.2 Å². The Hall–Kier alpha value is -2.79. The average Bonchev–Trinajstić information content (AvgIpc) is 3.17. The molecule has 0 radical (unpaired) electrons. The number of carbonyl (C=O) groups is 1. The lowest BCUT2D eigenvalue weighted by Gasteiger charge is -2.17. The number of carbonyl (C=O) groups excluding carboxylic acids is 1. The number of nitrogens with zero attached hydrogens (tertiary/aromatic N) is 2. The molecule has 28 heavy (non-hydrogen) atoms. The molecule has 0 saturated heterocycles. The molecule has 2 aromatic carbocycles. The van der Waals surface area contributed by atoms with Gasteiger partial charge in [-0.25, -0.2) is 4.98 Å². The van der Waals surface area contributed by atoms with Gasteiger partial charge in [-0.05, 0) is 42.8 Å². The highest BCUT2D eigenvalue weighted by Gasteiger charge is 2.12. The summed E-state index contributed by atoms with van der Waals surface area (Å²) in [7, 11) is 1.78. The van der Waals surface area contributed by atoms with Crippen LogP contribution in [-0.2, 0) is 11.2 Å². The van der Waals surface area contributed by atoms with E-state index in [9.17, 15) is 4.79 Å². The van der Waals surface area contributed by atoms with Gasteiger partial charge in [-0.1, -0.05) is 29.8 Å². The van der Waals surface area contributed by atoms with Crippen LogP contribution in [0.5, 0.6) is 5.75 Å². The minimum absolute atomic E-state index is 0.0274. The molecule has 0 aliphatic heterocycles. The van der Waals surface area contributed by atoms with Crippen molar-refractivity contribution in [1.29, 1.82) is 0 Å². The molecule has 0 aliphatic carbocycles. The van der Waals surface area contributed by atoms with Gasteiger partial charge in [0.05, 0.1) is 12.7 Å². The Balaban J connectivity index is 1.44. The summed E-state index contributed by atoms with van der Waals surface area (Å²) in [5.41, 5.74) is 1.98. The van der Waals surface area contributed by atoms with Gasteiger partial charge in [0, 0.05) is 30.5 Å². The highest BCUT2D eigenvalue weighted by atomic mass is 35.5. The normalized spacial score (nSPS) is 10.7. The zero-order valence-electron chi connectivity index (χ0n) is 16.0. The third kappa shape index (κ3) is 5.36. The molecule has 0 unspecified atom stereocenters. The predicted molar refractivity (Wildman–Crippen MR) is 110 cm³/mol. The summed E-state index contributed by atoms with van der Waals surface area (Å²) in [5.74, 6) is 2.08. The predicted octanol–water partition coefficient (Wildman–Crippen LogP) is 4.77. The SMILES string of the molecule is Cc1ccccc1OCCN(C)C(=O)CCc1ncc(-c2ccc(Cl)cc2)o1. The first kappa shape index (κ1) is 20.0. The van der Waals surface area contributed by atoms with Crippen LogP contribution >= 0.6 is 11.6 Å². The number of hydrogen-bond acceptors (Lipinski definition) is 4. The molecule has 0 fully saturated rings. The number of rotatable bonds is 8. The molecule has 0 saturated carbocycles. The summed E-state index contributed by atoms with van der Waals surface area (Å²) in [6, 6.07) is 15.2. The minimum Gasteiger partial charge on any atom is -0.491 e. The quantitative estimate of drug-likeness (QED) is 0.548. The highest BCUT2D eigenvalue weighted by Crippen LogP contribution is 2.22. The molecule has 0 atom stereocenters. The number of halogens is 1. The Morgan fingerprint density at radius 1 is 1.18 bits per heavy atom. The largest absolute Gasteiger partial charge is 0.491 e. The number of benzene rings is 2. The van der Waals surface area contributed by atoms with E-state index in [-0.39, 0.29) is 5.91 Å². The molecule has 3 rings (SSSR count). The molecule has 0 bridgehead atoms. The summed E-state index contributed by atoms with van der Waals surface area (Å²) in [5, 5.41) is 0.670. The number of para-hydroxylation sites is 1. The molecule has 0 spiro atoms. The van der Waals surface area contributed by atoms with Gasteiger partial charge < -0.3 is 14.1 Å². The first-order valence-electron chi connectivity index (χ1n) is 9.16. The van der Waals surface area contributed by atoms with Crippen molar-refractivity contribution in [2.75, 3.05) is 20.2 Å². The lowest BCUT2D eigenvalue weighted by atomic mass is 10.2. The maximum Gasteiger partial charge on any atom is 0.222 e. The standard InChI is InChI=1S/C22H23ClN2O3/c1-16-5-3-4-6-19(16)27-14-13-25(2)22(26)12-11-21-24-15-20(28-21)17-7-9-18(23)10-8-17/h3-10,15H,11-14H2,1-2H3. The zero-order valence-corrected chi connectivity index (χ0v) is 16.8. The molecular formula is C22H23ClN2O3. The smallest absolute Gasteiger partial charge is 0.222 e. The van der Waals surface area contributed by atoms with Crippen molar-refractivity contribution >= 4 is 17.5 Å². The second-order valence-electron chi connectivity index (χ2n) is 6.55. The minimum atomic E-state index is 0.0274. The van der Waals surface area contributed by atoms with Crippen molar-refractivity contribution < 1.29 is 13.9 Å². The molecule has 1 amide bonds. The number of ether oxygens (including phenoxy) is 1. The fourth-order valence-electron chi connectivity index (χ4n) is 2.71. The number of likely N-dealkylation sites (N-methyl/N-ethyl adjacent to an activating group) is 1. The van der Waals surface area contributed by atoms with Crippen LogP contribution in [0.3, 0.4) is 0 Å². The van der Waals surface area contributed by atoms with E-state index in [1.807, 2.05) is 43.3 Å². The fourth-order valence-corrected chi connectivity index (χ4v) is 2.84. The van der Waals surface area contributed by atoms with E-state index in [0.717, 1.165) is 16.9 Å². The van der Waals surface area contributed by atoms with Gasteiger partial charge in [-0.15, -0.1) is 0 Å². The summed E-state index contributed by atoms with van der Waals surface area (Å²) < 4.78 is 11.5. The number of oxazole rings is 1. The monoisotopic (exact) mass is 398 g/mol. The number of aromatic nitrogens is 1. The van der Waals surface area contributed by atoms with E-state index in [1.54, 1.807) is 30.3 Å². The topological polar surface area (TPSA) is 55.6 Å². The van der Waals surface area contributed by atoms with Crippen LogP contribution < -0.4 is 4.74 Å². The fraction of sp³-hybridized carbons (Fsp3) is 0.273. The Morgan fingerprint density at radius 2 is 1.93 bits per heavy atom. The van der Waals surface area contributed by atoms with E-state index >= 15 is 0 Å². The number of amides is 1. The first-order chi connectivity index (χ1) is 13.5. The number of hydrogen-bond donors (Lipinski definition) is 0. The van der Waals surface area contributed by atoms with Gasteiger partial charge in [-0.2, -0.15) is 0 Å². The Morgan fingerprint density at radius 3 is 2.68 bits per heavy atom. The third-order valence-corrected chi connectivity index (χ3v) is 4.69. The third-order valence-electron chi connectivity index (χ3n) is 4.44. The maximum atomic E-state index is 12.3. The molecule has 1 aromatic heterocycles. The first-order valence-corrected chi connectivity index (χ1v) is 9.54. The van der Waals surface area contributed by atoms with Gasteiger partial charge in [0.25, 0.3) is 0 Å². The molecule has 3 aromatic rings. The summed E-state index contributed by atoms with van der Waals surface area (Å²) in [6.07, 6.45) is 2.46. The van der Waals surface area contributed by atoms with Crippen molar-refractivity contribution in [1.82, 2.24) is 9.88 Å². The number of aryl methyl sites for hydroxylation is 2. The molecule has 146 valence electrons. The molecule has 5 nitrogen and oxygen atoms in total. The molecule has 0 aliphatic rings. The Labute approximate surface area is 169 Å². The van der Waals surface area contributed by atoms with Gasteiger partial charge in [0.2, 0.25) is 5.91 Å². The van der Waals surface area contributed by atoms with Crippen LogP contribution in [0.25, 0.3) is 11.3 Å². The highest BCUT2D eigenvalue weighted by molar-refractivity contribution is 6.30. The average molecular weight is 399 g/mol. The summed E-state index contributed by atoms with van der Waals surface area (Å²) >= 11 is 5.90. The Bertz CT molecular complexity index is 922. The van der Waals surface area contributed by atoms with E-state index in [2.05, 4.69) is 4.98 Å². The zero-order chi connectivity index (χ0) is 19.9. The molecule has 6 heteroatoms. The van der Waals surface area contributed by atoms with Crippen LogP contribution in [0, 0.1) is 6.92 Å². The van der Waals surface area contributed by atoms with Gasteiger partial charge in [-0.3, -0.25) is 4.79 Å². The molecule has 1 heterocycles. The van der Waals surface area contributed by atoms with E-state index < -0.39 is 0 Å². The van der Waals surface area contributed by atoms with E-state index in [4.69, 9.17) is 20.8 Å². The van der Waals surface area contributed by atoms with Crippen molar-refractivity contribution in [3.63, 3.8) is 0 Å². The van der Waals surface area contributed by atoms with Crippen LogP contribution in [0.15, 0.2) is 59.1 Å². The maximum absolute atomic E-state index is 12.3. The second kappa shape index (κ2) is 9.42. The van der Waals surface area contributed by atoms with E-state index in [0.29, 0.717) is 42.7 Å². The summed E-state index contributed by atoms with van der Waals surface area (Å²) in [6.45, 7) is 2.97. The lowest BCUT2D eigenvalue weighted by molar-refractivity contribution is -0.130. The van der Waals surface area contributed by atoms with Gasteiger partial charge in [0.15, 0.2) is 11.7 Å². The van der Waals surface area contributed by atoms with Crippen LogP contribution in [0.1, 0.15) is 17.9 Å². The molecule has 0 N–H and O–H groups in total. The lowest BCUT2D eigenvalue weighted by Crippen LogP contribution is -2.31. The molecular weight excluding hydrogens is 376 g/mol.